The van der Waals surface area contributed by atoms with Crippen molar-refractivity contribution in [2.24, 2.45) is 0 Å². The van der Waals surface area contributed by atoms with Gasteiger partial charge in [0.05, 0.1) is 0 Å². The summed E-state index contributed by atoms with van der Waals surface area (Å²) < 4.78 is 0. The van der Waals surface area contributed by atoms with Crippen LogP contribution in [0.4, 0.5) is 0 Å². The number of hydrogen-bond donors (Lipinski definition) is 2. The Morgan fingerprint density at radius 1 is 1.00 bits per heavy atom. The van der Waals surface area contributed by atoms with Gasteiger partial charge in [-0.3, -0.25) is 0 Å². The van der Waals surface area contributed by atoms with Gasteiger partial charge in [0.2, 0.25) is 0 Å². The number of unbranched alkanes of at least 4 members (excludes halogenated alkanes) is 1. The average Bonchev–Trinajstić information content (AvgIpc) is 1.85. The first-order chi connectivity index (χ1) is 5.06. The lowest BCUT2D eigenvalue weighted by molar-refractivity contribution is 0.418. The molecule has 0 aromatic rings. The second-order valence-corrected chi connectivity index (χ2v) is 3.99. The fourth-order valence-corrected chi connectivity index (χ4v) is 0.890. The summed E-state index contributed by atoms with van der Waals surface area (Å²) in [7, 11) is 2.00. The first-order valence-electron chi connectivity index (χ1n) is 4.46. The molecule has 0 aliphatic rings. The highest BCUT2D eigenvalue weighted by Gasteiger charge is 2.06. The summed E-state index contributed by atoms with van der Waals surface area (Å²) in [4.78, 5) is 0. The van der Waals surface area contributed by atoms with E-state index in [1.54, 1.807) is 0 Å². The smallest absolute Gasteiger partial charge is 0.00965 e. The third-order valence-corrected chi connectivity index (χ3v) is 1.51. The Bertz CT molecular complexity index is 84.1. The van der Waals surface area contributed by atoms with Gasteiger partial charge in [-0.15, -0.1) is 0 Å². The van der Waals surface area contributed by atoms with Crippen molar-refractivity contribution in [3.8, 4) is 0 Å². The van der Waals surface area contributed by atoms with E-state index in [1.165, 1.54) is 12.8 Å². The van der Waals surface area contributed by atoms with Crippen LogP contribution in [0.15, 0.2) is 0 Å². The minimum atomic E-state index is 0.277. The molecule has 0 aromatic carbocycles. The van der Waals surface area contributed by atoms with Crippen molar-refractivity contribution in [3.05, 3.63) is 0 Å². The molecule has 0 unspecified atom stereocenters. The van der Waals surface area contributed by atoms with Crippen LogP contribution in [0.5, 0.6) is 0 Å². The van der Waals surface area contributed by atoms with Crippen LogP contribution in [0.2, 0.25) is 0 Å². The topological polar surface area (TPSA) is 24.1 Å². The predicted molar refractivity (Wildman–Crippen MR) is 50.9 cm³/mol. The van der Waals surface area contributed by atoms with Crippen LogP contribution >= 0.6 is 0 Å². The van der Waals surface area contributed by atoms with Crippen LogP contribution in [-0.4, -0.2) is 25.7 Å². The summed E-state index contributed by atoms with van der Waals surface area (Å²) >= 11 is 0. The average molecular weight is 158 g/mol. The molecule has 0 radical (unpaired) electrons. The Labute approximate surface area is 70.8 Å². The van der Waals surface area contributed by atoms with Crippen LogP contribution in [-0.2, 0) is 0 Å². The van der Waals surface area contributed by atoms with Crippen LogP contribution in [0.3, 0.4) is 0 Å². The van der Waals surface area contributed by atoms with Gasteiger partial charge in [0.1, 0.15) is 0 Å². The number of rotatable bonds is 5. The molecule has 0 spiro atoms. The summed E-state index contributed by atoms with van der Waals surface area (Å²) in [6.07, 6.45) is 2.53. The Morgan fingerprint density at radius 2 is 1.55 bits per heavy atom. The van der Waals surface area contributed by atoms with Crippen LogP contribution in [0, 0.1) is 0 Å². The first-order valence-corrected chi connectivity index (χ1v) is 4.46. The number of hydrogen-bond acceptors (Lipinski definition) is 2. The summed E-state index contributed by atoms with van der Waals surface area (Å²) in [5.41, 5.74) is 0.277. The monoisotopic (exact) mass is 158 g/mol. The lowest BCUT2D eigenvalue weighted by Crippen LogP contribution is -2.36. The van der Waals surface area contributed by atoms with Gasteiger partial charge in [-0.25, -0.2) is 0 Å². The highest BCUT2D eigenvalue weighted by atomic mass is 14.9. The molecule has 11 heavy (non-hydrogen) atoms. The minimum absolute atomic E-state index is 0.277. The highest BCUT2D eigenvalue weighted by molar-refractivity contribution is 4.69. The summed E-state index contributed by atoms with van der Waals surface area (Å²) in [5.74, 6) is 0. The van der Waals surface area contributed by atoms with Gasteiger partial charge < -0.3 is 10.6 Å². The lowest BCUT2D eigenvalue weighted by Gasteiger charge is -2.20. The molecule has 0 aliphatic carbocycles. The Hall–Kier alpha value is -0.0800. The summed E-state index contributed by atoms with van der Waals surface area (Å²) in [6, 6.07) is 0. The van der Waals surface area contributed by atoms with Gasteiger partial charge in [-0.1, -0.05) is 0 Å². The van der Waals surface area contributed by atoms with Gasteiger partial charge in [0.25, 0.3) is 0 Å². The molecule has 0 saturated carbocycles. The third-order valence-electron chi connectivity index (χ3n) is 1.51. The second kappa shape index (κ2) is 5.56. The molecule has 0 aliphatic heterocycles. The largest absolute Gasteiger partial charge is 0.320 e. The van der Waals surface area contributed by atoms with E-state index in [4.69, 9.17) is 0 Å². The van der Waals surface area contributed by atoms with E-state index in [0.29, 0.717) is 0 Å². The fourth-order valence-electron chi connectivity index (χ4n) is 0.890. The normalized spacial score (nSPS) is 12.0. The maximum Gasteiger partial charge on any atom is 0.00965 e. The number of nitrogens with one attached hydrogen (secondary N) is 2. The molecule has 0 saturated heterocycles. The summed E-state index contributed by atoms with van der Waals surface area (Å²) in [6.45, 7) is 8.86. The highest BCUT2D eigenvalue weighted by Crippen LogP contribution is 1.98. The second-order valence-electron chi connectivity index (χ2n) is 3.99. The molecule has 2 heteroatoms. The van der Waals surface area contributed by atoms with Gasteiger partial charge in [-0.2, -0.15) is 0 Å². The minimum Gasteiger partial charge on any atom is -0.320 e. The van der Waals surface area contributed by atoms with Crippen molar-refractivity contribution in [2.45, 2.75) is 39.2 Å². The maximum atomic E-state index is 3.45. The molecule has 2 N–H and O–H groups in total. The van der Waals surface area contributed by atoms with Crippen molar-refractivity contribution >= 4 is 0 Å². The molecule has 0 amide bonds. The Morgan fingerprint density at radius 3 is 2.00 bits per heavy atom. The van der Waals surface area contributed by atoms with Crippen molar-refractivity contribution in [3.63, 3.8) is 0 Å². The van der Waals surface area contributed by atoms with E-state index in [2.05, 4.69) is 31.4 Å². The van der Waals surface area contributed by atoms with Gasteiger partial charge in [0.15, 0.2) is 0 Å². The molecule has 0 atom stereocenters. The van der Waals surface area contributed by atoms with Crippen molar-refractivity contribution < 1.29 is 0 Å². The van der Waals surface area contributed by atoms with Crippen molar-refractivity contribution in [1.82, 2.24) is 10.6 Å². The standard InChI is InChI=1S/C9H22N2/c1-9(2,3)11-8-6-5-7-10-4/h10-11H,5-8H2,1-4H3. The van der Waals surface area contributed by atoms with Gasteiger partial charge >= 0.3 is 0 Å². The van der Waals surface area contributed by atoms with Crippen LogP contribution in [0.25, 0.3) is 0 Å². The molecule has 0 fully saturated rings. The molecular formula is C9H22N2. The van der Waals surface area contributed by atoms with Gasteiger partial charge in [0, 0.05) is 5.54 Å². The van der Waals surface area contributed by atoms with Gasteiger partial charge in [-0.05, 0) is 53.8 Å². The van der Waals surface area contributed by atoms with Crippen LogP contribution < -0.4 is 10.6 Å². The molecule has 0 rings (SSSR count). The molecular weight excluding hydrogens is 136 g/mol. The van der Waals surface area contributed by atoms with Crippen molar-refractivity contribution in [1.29, 1.82) is 0 Å². The lowest BCUT2D eigenvalue weighted by atomic mass is 10.1. The van der Waals surface area contributed by atoms with E-state index in [0.717, 1.165) is 13.1 Å². The molecule has 0 heterocycles. The molecule has 68 valence electrons. The van der Waals surface area contributed by atoms with E-state index >= 15 is 0 Å². The zero-order valence-electron chi connectivity index (χ0n) is 8.33. The first kappa shape index (κ1) is 10.9. The Balaban J connectivity index is 3.02. The van der Waals surface area contributed by atoms with E-state index in [9.17, 15) is 0 Å². The zero-order valence-corrected chi connectivity index (χ0v) is 8.33. The van der Waals surface area contributed by atoms with Crippen LogP contribution in [0.1, 0.15) is 33.6 Å². The quantitative estimate of drug-likeness (QED) is 0.591. The zero-order chi connectivity index (χ0) is 8.74. The summed E-state index contributed by atoms with van der Waals surface area (Å²) in [5, 5.41) is 6.59. The third kappa shape index (κ3) is 9.92. The fraction of sp³-hybridized carbons (Fsp3) is 1.00. The molecule has 0 aromatic heterocycles. The van der Waals surface area contributed by atoms with E-state index in [-0.39, 0.29) is 5.54 Å². The van der Waals surface area contributed by atoms with E-state index < -0.39 is 0 Å². The predicted octanol–water partition coefficient (Wildman–Crippen LogP) is 1.37. The van der Waals surface area contributed by atoms with Crippen molar-refractivity contribution in [2.75, 3.05) is 20.1 Å². The molecule has 0 bridgehead atoms. The van der Waals surface area contributed by atoms with E-state index in [1.807, 2.05) is 7.05 Å². The SMILES string of the molecule is CNCCCCNC(C)(C)C. The molecule has 2 nitrogen and oxygen atoms in total. The Kier molecular flexibility index (Phi) is 5.51. The maximum absolute atomic E-state index is 3.45.